The predicted octanol–water partition coefficient (Wildman–Crippen LogP) is 2.73. The zero-order valence-corrected chi connectivity index (χ0v) is 14.6. The van der Waals surface area contributed by atoms with Crippen LogP contribution in [-0.2, 0) is 6.42 Å². The Hall–Kier alpha value is -2.92. The Kier molecular flexibility index (Phi) is 4.80. The number of imidazole rings is 1. The lowest BCUT2D eigenvalue weighted by Gasteiger charge is -2.36. The van der Waals surface area contributed by atoms with Gasteiger partial charge in [0.2, 0.25) is 0 Å². The summed E-state index contributed by atoms with van der Waals surface area (Å²) in [6.07, 6.45) is 2.44. The molecule has 0 radical (unpaired) electrons. The number of hydrogen-bond acceptors (Lipinski definition) is 3. The van der Waals surface area contributed by atoms with Crippen molar-refractivity contribution in [3.05, 3.63) is 78.2 Å². The molecule has 5 nitrogen and oxygen atoms in total. The van der Waals surface area contributed by atoms with Gasteiger partial charge >= 0.3 is 0 Å². The van der Waals surface area contributed by atoms with Gasteiger partial charge in [0.1, 0.15) is 0 Å². The van der Waals surface area contributed by atoms with Gasteiger partial charge in [0, 0.05) is 31.2 Å². The van der Waals surface area contributed by atoms with E-state index in [4.69, 9.17) is 0 Å². The third-order valence-corrected chi connectivity index (χ3v) is 4.83. The fourth-order valence-corrected chi connectivity index (χ4v) is 3.51. The summed E-state index contributed by atoms with van der Waals surface area (Å²) < 4.78 is 0. The Labute approximate surface area is 153 Å². The molecule has 2 heterocycles. The Morgan fingerprint density at radius 1 is 1.08 bits per heavy atom. The van der Waals surface area contributed by atoms with Crippen LogP contribution in [0, 0.1) is 0 Å². The Morgan fingerprint density at radius 3 is 2.58 bits per heavy atom. The van der Waals surface area contributed by atoms with E-state index < -0.39 is 0 Å². The van der Waals surface area contributed by atoms with Crippen molar-refractivity contribution < 1.29 is 4.79 Å². The van der Waals surface area contributed by atoms with Crippen molar-refractivity contribution in [3.8, 4) is 11.3 Å². The Morgan fingerprint density at radius 2 is 1.81 bits per heavy atom. The molecule has 3 aromatic rings. The fraction of sp³-hybridized carbons (Fsp3) is 0.238. The number of nitrogens with one attached hydrogen (secondary N) is 2. The molecule has 132 valence electrons. The fourth-order valence-electron chi connectivity index (χ4n) is 3.51. The molecule has 0 unspecified atom stereocenters. The zero-order valence-electron chi connectivity index (χ0n) is 14.6. The predicted molar refractivity (Wildman–Crippen MR) is 102 cm³/mol. The van der Waals surface area contributed by atoms with E-state index in [9.17, 15) is 4.79 Å². The van der Waals surface area contributed by atoms with Crippen LogP contribution in [0.2, 0.25) is 0 Å². The van der Waals surface area contributed by atoms with E-state index in [1.165, 1.54) is 5.56 Å². The summed E-state index contributed by atoms with van der Waals surface area (Å²) in [6.45, 7) is 2.30. The lowest BCUT2D eigenvalue weighted by Crippen LogP contribution is -2.54. The maximum Gasteiger partial charge on any atom is 0.275 e. The van der Waals surface area contributed by atoms with Crippen LogP contribution in [0.5, 0.6) is 0 Å². The first-order chi connectivity index (χ1) is 12.8. The Balaban J connectivity index is 1.59. The standard InChI is InChI=1S/C21H22N4O/c26-21(20-19(23-15-24-20)17-9-5-2-6-10-17)25-12-11-22-14-18(25)13-16-7-3-1-4-8-16/h1-10,15,18,22H,11-14H2,(H,23,24)/t18-/m1/s1. The lowest BCUT2D eigenvalue weighted by molar-refractivity contribution is 0.0631. The molecule has 0 aliphatic carbocycles. The molecule has 26 heavy (non-hydrogen) atoms. The highest BCUT2D eigenvalue weighted by atomic mass is 16.2. The third-order valence-electron chi connectivity index (χ3n) is 4.83. The molecule has 1 saturated heterocycles. The van der Waals surface area contributed by atoms with E-state index >= 15 is 0 Å². The molecule has 1 fully saturated rings. The highest BCUT2D eigenvalue weighted by Gasteiger charge is 2.30. The van der Waals surface area contributed by atoms with E-state index in [2.05, 4.69) is 27.4 Å². The molecule has 0 bridgehead atoms. The topological polar surface area (TPSA) is 61.0 Å². The number of nitrogens with zero attached hydrogens (tertiary/aromatic N) is 2. The van der Waals surface area contributed by atoms with Gasteiger partial charge in [0.05, 0.1) is 12.0 Å². The summed E-state index contributed by atoms with van der Waals surface area (Å²) in [5, 5.41) is 3.41. The van der Waals surface area contributed by atoms with Crippen LogP contribution in [0.3, 0.4) is 0 Å². The largest absolute Gasteiger partial charge is 0.344 e. The van der Waals surface area contributed by atoms with Crippen LogP contribution in [0.4, 0.5) is 0 Å². The molecule has 1 aliphatic rings. The normalized spacial score (nSPS) is 17.2. The molecule has 2 aromatic carbocycles. The van der Waals surface area contributed by atoms with Crippen LogP contribution >= 0.6 is 0 Å². The second kappa shape index (κ2) is 7.54. The maximum atomic E-state index is 13.3. The zero-order chi connectivity index (χ0) is 17.8. The van der Waals surface area contributed by atoms with Crippen molar-refractivity contribution in [1.82, 2.24) is 20.2 Å². The van der Waals surface area contributed by atoms with Gasteiger partial charge in [-0.1, -0.05) is 60.7 Å². The van der Waals surface area contributed by atoms with Gasteiger partial charge < -0.3 is 15.2 Å². The van der Waals surface area contributed by atoms with Crippen molar-refractivity contribution in [2.75, 3.05) is 19.6 Å². The van der Waals surface area contributed by atoms with Crippen molar-refractivity contribution in [3.63, 3.8) is 0 Å². The summed E-state index contributed by atoms with van der Waals surface area (Å²) in [5.41, 5.74) is 3.50. The van der Waals surface area contributed by atoms with Gasteiger partial charge in [-0.25, -0.2) is 4.98 Å². The minimum absolute atomic E-state index is 0.00691. The maximum absolute atomic E-state index is 13.3. The quantitative estimate of drug-likeness (QED) is 0.764. The van der Waals surface area contributed by atoms with E-state index in [0.717, 1.165) is 30.8 Å². The molecule has 5 heteroatoms. The minimum atomic E-state index is -0.00691. The number of H-pyrrole nitrogens is 1. The van der Waals surface area contributed by atoms with Crippen molar-refractivity contribution >= 4 is 5.91 Å². The average Bonchev–Trinajstić information content (AvgIpc) is 3.19. The van der Waals surface area contributed by atoms with Gasteiger partial charge in [-0.2, -0.15) is 0 Å². The second-order valence-corrected chi connectivity index (χ2v) is 6.54. The Bertz CT molecular complexity index is 860. The summed E-state index contributed by atoms with van der Waals surface area (Å²) in [5.74, 6) is -0.00691. The van der Waals surface area contributed by atoms with Gasteiger partial charge in [0.15, 0.2) is 5.69 Å². The molecule has 1 aromatic heterocycles. The number of benzene rings is 2. The first kappa shape index (κ1) is 16.5. The molecule has 2 N–H and O–H groups in total. The van der Waals surface area contributed by atoms with Gasteiger partial charge in [-0.15, -0.1) is 0 Å². The monoisotopic (exact) mass is 346 g/mol. The van der Waals surface area contributed by atoms with Crippen LogP contribution in [0.25, 0.3) is 11.3 Å². The molecular weight excluding hydrogens is 324 g/mol. The first-order valence-corrected chi connectivity index (χ1v) is 8.97. The number of piperazine rings is 1. The second-order valence-electron chi connectivity index (χ2n) is 6.54. The average molecular weight is 346 g/mol. The molecule has 1 atom stereocenters. The number of rotatable bonds is 4. The van der Waals surface area contributed by atoms with Crippen LogP contribution < -0.4 is 5.32 Å². The van der Waals surface area contributed by atoms with E-state index in [0.29, 0.717) is 12.2 Å². The number of carbonyl (C=O) groups is 1. The van der Waals surface area contributed by atoms with Crippen molar-refractivity contribution in [1.29, 1.82) is 0 Å². The van der Waals surface area contributed by atoms with Gasteiger partial charge in [0.25, 0.3) is 5.91 Å². The van der Waals surface area contributed by atoms with E-state index in [1.54, 1.807) is 6.33 Å². The van der Waals surface area contributed by atoms with Crippen molar-refractivity contribution in [2.45, 2.75) is 12.5 Å². The number of carbonyl (C=O) groups excluding carboxylic acids is 1. The SMILES string of the molecule is O=C(c1nc[nH]c1-c1ccccc1)N1CCNC[C@H]1Cc1ccccc1. The molecule has 4 rings (SSSR count). The number of aromatic amines is 1. The summed E-state index contributed by atoms with van der Waals surface area (Å²) >= 11 is 0. The van der Waals surface area contributed by atoms with Crippen LogP contribution in [0.1, 0.15) is 16.1 Å². The number of hydrogen-bond donors (Lipinski definition) is 2. The molecule has 0 spiro atoms. The molecular formula is C21H22N4O. The summed E-state index contributed by atoms with van der Waals surface area (Å²) in [4.78, 5) is 22.7. The van der Waals surface area contributed by atoms with Crippen LogP contribution in [0.15, 0.2) is 67.0 Å². The first-order valence-electron chi connectivity index (χ1n) is 8.97. The van der Waals surface area contributed by atoms with Crippen LogP contribution in [-0.4, -0.2) is 46.5 Å². The highest BCUT2D eigenvalue weighted by molar-refractivity contribution is 5.98. The lowest BCUT2D eigenvalue weighted by atomic mass is 10.0. The smallest absolute Gasteiger partial charge is 0.275 e. The third kappa shape index (κ3) is 3.39. The summed E-state index contributed by atoms with van der Waals surface area (Å²) in [7, 11) is 0. The van der Waals surface area contributed by atoms with Gasteiger partial charge in [-0.05, 0) is 12.0 Å². The van der Waals surface area contributed by atoms with Gasteiger partial charge in [-0.3, -0.25) is 4.79 Å². The summed E-state index contributed by atoms with van der Waals surface area (Å²) in [6, 6.07) is 20.3. The van der Waals surface area contributed by atoms with Crippen molar-refractivity contribution in [2.24, 2.45) is 0 Å². The molecule has 1 amide bonds. The highest BCUT2D eigenvalue weighted by Crippen LogP contribution is 2.23. The van der Waals surface area contributed by atoms with E-state index in [1.807, 2.05) is 53.4 Å². The molecule has 0 saturated carbocycles. The molecule has 1 aliphatic heterocycles. The minimum Gasteiger partial charge on any atom is -0.344 e. The number of aromatic nitrogens is 2. The number of amides is 1. The van der Waals surface area contributed by atoms with E-state index in [-0.39, 0.29) is 11.9 Å².